The number of nitrogens with two attached hydrogens (primary N) is 1. The second-order valence-electron chi connectivity index (χ2n) is 3.06. The van der Waals surface area contributed by atoms with Crippen LogP contribution in [0.15, 0.2) is 30.5 Å². The smallest absolute Gasteiger partial charge is 0.0520 e. The Balaban J connectivity index is 2.89. The van der Waals surface area contributed by atoms with Gasteiger partial charge < -0.3 is 5.73 Å². The van der Waals surface area contributed by atoms with Crippen molar-refractivity contribution >= 4 is 0 Å². The predicted octanol–water partition coefficient (Wildman–Crippen LogP) is 1.97. The molecule has 0 aromatic carbocycles. The van der Waals surface area contributed by atoms with Gasteiger partial charge in [0.15, 0.2) is 0 Å². The zero-order chi connectivity index (χ0) is 9.14. The van der Waals surface area contributed by atoms with Gasteiger partial charge in [-0.1, -0.05) is 18.2 Å². The van der Waals surface area contributed by atoms with Gasteiger partial charge in [0.1, 0.15) is 0 Å². The number of pyridine rings is 1. The highest BCUT2D eigenvalue weighted by Gasteiger charge is 2.05. The molecular weight excluding hydrogens is 148 g/mol. The van der Waals surface area contributed by atoms with Crippen LogP contribution in [0.4, 0.5) is 0 Å². The Hall–Kier alpha value is -1.15. The fourth-order valence-electron chi connectivity index (χ4n) is 0.948. The van der Waals surface area contributed by atoms with Crippen LogP contribution in [0.2, 0.25) is 0 Å². The lowest BCUT2D eigenvalue weighted by Crippen LogP contribution is -2.11. The van der Waals surface area contributed by atoms with Gasteiger partial charge in [-0.3, -0.25) is 4.98 Å². The molecule has 64 valence electrons. The zero-order valence-corrected chi connectivity index (χ0v) is 7.54. The Labute approximate surface area is 73.1 Å². The first kappa shape index (κ1) is 8.94. The molecule has 1 heterocycles. The van der Waals surface area contributed by atoms with E-state index in [-0.39, 0.29) is 6.04 Å². The van der Waals surface area contributed by atoms with E-state index < -0.39 is 0 Å². The fourth-order valence-corrected chi connectivity index (χ4v) is 0.948. The van der Waals surface area contributed by atoms with Crippen molar-refractivity contribution in [3.05, 3.63) is 41.7 Å². The van der Waals surface area contributed by atoms with Gasteiger partial charge in [0.25, 0.3) is 0 Å². The van der Waals surface area contributed by atoms with E-state index in [0.717, 1.165) is 16.8 Å². The molecule has 2 N–H and O–H groups in total. The highest BCUT2D eigenvalue weighted by Crippen LogP contribution is 2.15. The first-order valence-electron chi connectivity index (χ1n) is 3.95. The second-order valence-corrected chi connectivity index (χ2v) is 3.06. The molecule has 0 aliphatic carbocycles. The minimum Gasteiger partial charge on any atom is -0.321 e. The molecule has 0 saturated heterocycles. The Kier molecular flexibility index (Phi) is 2.61. The summed E-state index contributed by atoms with van der Waals surface area (Å²) < 4.78 is 0. The minimum atomic E-state index is -0.0851. The third-order valence-corrected chi connectivity index (χ3v) is 1.82. The average Bonchev–Trinajstić information content (AvgIpc) is 2.04. The van der Waals surface area contributed by atoms with Crippen molar-refractivity contribution in [3.8, 4) is 0 Å². The molecule has 0 aliphatic heterocycles. The lowest BCUT2D eigenvalue weighted by Gasteiger charge is -2.10. The summed E-state index contributed by atoms with van der Waals surface area (Å²) in [6.07, 6.45) is 1.80. The van der Waals surface area contributed by atoms with Crippen molar-refractivity contribution in [2.24, 2.45) is 5.73 Å². The summed E-state index contributed by atoms with van der Waals surface area (Å²) in [5.41, 5.74) is 8.84. The van der Waals surface area contributed by atoms with Crippen LogP contribution in [0.3, 0.4) is 0 Å². The maximum Gasteiger partial charge on any atom is 0.0520 e. The molecule has 1 rings (SSSR count). The Bertz CT molecular complexity index is 274. The molecule has 2 nitrogen and oxygen atoms in total. The number of aromatic nitrogens is 1. The summed E-state index contributed by atoms with van der Waals surface area (Å²) in [5, 5.41) is 0. The normalized spacial score (nSPS) is 12.6. The van der Waals surface area contributed by atoms with Crippen LogP contribution in [0, 0.1) is 6.92 Å². The van der Waals surface area contributed by atoms with E-state index in [1.807, 2.05) is 26.0 Å². The molecule has 1 atom stereocenters. The molecule has 12 heavy (non-hydrogen) atoms. The lowest BCUT2D eigenvalue weighted by molar-refractivity contribution is 0.841. The van der Waals surface area contributed by atoms with Gasteiger partial charge in [-0.15, -0.1) is 0 Å². The summed E-state index contributed by atoms with van der Waals surface area (Å²) in [4.78, 5) is 4.16. The minimum absolute atomic E-state index is 0.0851. The van der Waals surface area contributed by atoms with Crippen LogP contribution in [0.5, 0.6) is 0 Å². The molecule has 1 aromatic heterocycles. The third-order valence-electron chi connectivity index (χ3n) is 1.82. The van der Waals surface area contributed by atoms with Gasteiger partial charge in [-0.25, -0.2) is 0 Å². The zero-order valence-electron chi connectivity index (χ0n) is 7.54. The first-order valence-corrected chi connectivity index (χ1v) is 3.95. The highest BCUT2D eigenvalue weighted by molar-refractivity contribution is 5.23. The Morgan fingerprint density at radius 1 is 1.58 bits per heavy atom. The van der Waals surface area contributed by atoms with E-state index in [0.29, 0.717) is 0 Å². The van der Waals surface area contributed by atoms with Crippen LogP contribution >= 0.6 is 0 Å². The molecule has 0 saturated carbocycles. The standard InChI is InChI=1S/C10H14N2/c1-7(2)10(11)9-5-4-8(3)12-6-9/h4-6,10H,1,11H2,2-3H3. The summed E-state index contributed by atoms with van der Waals surface area (Å²) in [6, 6.07) is 3.86. The van der Waals surface area contributed by atoms with Gasteiger partial charge in [0.2, 0.25) is 0 Å². The molecule has 1 aromatic rings. The molecule has 0 bridgehead atoms. The van der Waals surface area contributed by atoms with Crippen LogP contribution in [0.25, 0.3) is 0 Å². The maximum absolute atomic E-state index is 5.85. The maximum atomic E-state index is 5.85. The Morgan fingerprint density at radius 3 is 2.67 bits per heavy atom. The van der Waals surface area contributed by atoms with Crippen LogP contribution in [-0.2, 0) is 0 Å². The summed E-state index contributed by atoms with van der Waals surface area (Å²) in [7, 11) is 0. The second kappa shape index (κ2) is 3.50. The van der Waals surface area contributed by atoms with Crippen molar-refractivity contribution < 1.29 is 0 Å². The number of nitrogens with zero attached hydrogens (tertiary/aromatic N) is 1. The number of aryl methyl sites for hydroxylation is 1. The topological polar surface area (TPSA) is 38.9 Å². The molecule has 0 radical (unpaired) electrons. The van der Waals surface area contributed by atoms with Crippen molar-refractivity contribution in [3.63, 3.8) is 0 Å². The van der Waals surface area contributed by atoms with Crippen LogP contribution in [-0.4, -0.2) is 4.98 Å². The molecule has 0 aliphatic rings. The molecule has 0 fully saturated rings. The average molecular weight is 162 g/mol. The van der Waals surface area contributed by atoms with Crippen molar-refractivity contribution in [2.45, 2.75) is 19.9 Å². The van der Waals surface area contributed by atoms with Gasteiger partial charge in [-0.2, -0.15) is 0 Å². The molecule has 2 heteroatoms. The number of hydrogen-bond donors (Lipinski definition) is 1. The predicted molar refractivity (Wildman–Crippen MR) is 50.7 cm³/mol. The number of hydrogen-bond acceptors (Lipinski definition) is 2. The summed E-state index contributed by atoms with van der Waals surface area (Å²) >= 11 is 0. The van der Waals surface area contributed by atoms with Gasteiger partial charge >= 0.3 is 0 Å². The molecule has 0 spiro atoms. The molecule has 0 amide bonds. The third kappa shape index (κ3) is 1.92. The van der Waals surface area contributed by atoms with E-state index in [1.165, 1.54) is 0 Å². The summed E-state index contributed by atoms with van der Waals surface area (Å²) in [6.45, 7) is 7.68. The lowest BCUT2D eigenvalue weighted by atomic mass is 10.0. The van der Waals surface area contributed by atoms with Gasteiger partial charge in [-0.05, 0) is 25.5 Å². The van der Waals surface area contributed by atoms with E-state index in [4.69, 9.17) is 5.73 Å². The van der Waals surface area contributed by atoms with E-state index >= 15 is 0 Å². The van der Waals surface area contributed by atoms with Crippen molar-refractivity contribution in [1.82, 2.24) is 4.98 Å². The SMILES string of the molecule is C=C(C)C(N)c1ccc(C)nc1. The number of rotatable bonds is 2. The molecular formula is C10H14N2. The van der Waals surface area contributed by atoms with E-state index in [9.17, 15) is 0 Å². The van der Waals surface area contributed by atoms with Crippen LogP contribution < -0.4 is 5.73 Å². The molecule has 1 unspecified atom stereocenters. The van der Waals surface area contributed by atoms with E-state index in [2.05, 4.69) is 11.6 Å². The van der Waals surface area contributed by atoms with Gasteiger partial charge in [0.05, 0.1) is 6.04 Å². The Morgan fingerprint density at radius 2 is 2.25 bits per heavy atom. The van der Waals surface area contributed by atoms with E-state index in [1.54, 1.807) is 6.20 Å². The first-order chi connectivity index (χ1) is 5.61. The van der Waals surface area contributed by atoms with Crippen molar-refractivity contribution in [2.75, 3.05) is 0 Å². The van der Waals surface area contributed by atoms with Crippen LogP contribution in [0.1, 0.15) is 24.2 Å². The quantitative estimate of drug-likeness (QED) is 0.675. The monoisotopic (exact) mass is 162 g/mol. The highest BCUT2D eigenvalue weighted by atomic mass is 14.7. The summed E-state index contributed by atoms with van der Waals surface area (Å²) in [5.74, 6) is 0. The largest absolute Gasteiger partial charge is 0.321 e. The van der Waals surface area contributed by atoms with Gasteiger partial charge in [0, 0.05) is 11.9 Å². The van der Waals surface area contributed by atoms with Crippen molar-refractivity contribution in [1.29, 1.82) is 0 Å². The fraction of sp³-hybridized carbons (Fsp3) is 0.300.